The van der Waals surface area contributed by atoms with E-state index < -0.39 is 0 Å². The van der Waals surface area contributed by atoms with Gasteiger partial charge in [-0.25, -0.2) is 0 Å². The molecule has 0 saturated heterocycles. The molecular weight excluding hydrogens is 120 g/mol. The lowest BCUT2D eigenvalue weighted by Crippen LogP contribution is -1.98. The number of halogens is 1. The van der Waals surface area contributed by atoms with E-state index in [0.717, 1.165) is 23.7 Å². The first-order valence-corrected chi connectivity index (χ1v) is 3.99. The second-order valence-electron chi connectivity index (χ2n) is 3.91. The van der Waals surface area contributed by atoms with E-state index in [-0.39, 0.29) is 0 Å². The van der Waals surface area contributed by atoms with Crippen molar-refractivity contribution in [3.63, 3.8) is 0 Å². The highest BCUT2D eigenvalue weighted by atomic mass is 35.5. The Balaban J connectivity index is 1.93. The number of hydrogen-bond donors (Lipinski definition) is 0. The average molecular weight is 127 g/mol. The van der Waals surface area contributed by atoms with Crippen LogP contribution in [-0.2, 0) is 0 Å². The van der Waals surface area contributed by atoms with Crippen LogP contribution in [0, 0.1) is 35.5 Å². The van der Waals surface area contributed by atoms with E-state index in [1.165, 1.54) is 11.8 Å². The van der Waals surface area contributed by atoms with Crippen LogP contribution < -0.4 is 0 Å². The molecule has 5 fully saturated rings. The van der Waals surface area contributed by atoms with Crippen molar-refractivity contribution in [1.82, 2.24) is 0 Å². The van der Waals surface area contributed by atoms with Crippen LogP contribution in [0.5, 0.6) is 0 Å². The average Bonchev–Trinajstić information content (AvgIpc) is 2.60. The fourth-order valence-electron chi connectivity index (χ4n) is 3.42. The Kier molecular flexibility index (Phi) is 0.275. The van der Waals surface area contributed by atoms with E-state index in [4.69, 9.17) is 11.6 Å². The maximum absolute atomic E-state index is 5.99. The molecule has 5 rings (SSSR count). The largest absolute Gasteiger partial charge is 0.122 e. The third kappa shape index (κ3) is 0.150. The second-order valence-corrected chi connectivity index (χ2v) is 4.41. The first kappa shape index (κ1) is 3.46. The molecule has 0 heterocycles. The minimum atomic E-state index is 0.639. The van der Waals surface area contributed by atoms with Crippen molar-refractivity contribution >= 4 is 11.6 Å². The number of hydrogen-bond acceptors (Lipinski definition) is 0. The van der Waals surface area contributed by atoms with Gasteiger partial charge in [0.05, 0.1) is 0 Å². The Morgan fingerprint density at radius 3 is 1.38 bits per heavy atom. The van der Waals surface area contributed by atoms with Gasteiger partial charge in [-0.1, -0.05) is 0 Å². The molecule has 5 saturated carbocycles. The monoisotopic (exact) mass is 126 g/mol. The molecule has 5 atom stereocenters. The van der Waals surface area contributed by atoms with Crippen molar-refractivity contribution in [2.24, 2.45) is 35.5 Å². The molecule has 0 aromatic carbocycles. The third-order valence-electron chi connectivity index (χ3n) is 3.87. The third-order valence-corrected chi connectivity index (χ3v) is 4.45. The lowest BCUT2D eigenvalue weighted by atomic mass is 10.1. The molecule has 0 aliphatic heterocycles. The van der Waals surface area contributed by atoms with Crippen LogP contribution >= 0.6 is 11.6 Å². The zero-order valence-electron chi connectivity index (χ0n) is 4.42. The Hall–Kier alpha value is 0.290. The van der Waals surface area contributed by atoms with E-state index >= 15 is 0 Å². The zero-order valence-corrected chi connectivity index (χ0v) is 5.18. The predicted octanol–water partition coefficient (Wildman–Crippen LogP) is 1.35. The predicted molar refractivity (Wildman–Crippen MR) is 30.6 cm³/mol. The summed E-state index contributed by atoms with van der Waals surface area (Å²) in [6.07, 6.45) is 0. The van der Waals surface area contributed by atoms with Crippen molar-refractivity contribution in [1.29, 1.82) is 0 Å². The molecule has 0 amide bonds. The van der Waals surface area contributed by atoms with Crippen LogP contribution in [0.2, 0.25) is 0 Å². The number of alkyl halides is 1. The van der Waals surface area contributed by atoms with E-state index in [0.29, 0.717) is 5.38 Å². The van der Waals surface area contributed by atoms with Gasteiger partial charge in [-0.05, 0) is 35.5 Å². The van der Waals surface area contributed by atoms with Gasteiger partial charge in [-0.2, -0.15) is 0 Å². The van der Waals surface area contributed by atoms with E-state index in [2.05, 4.69) is 0 Å². The molecule has 0 radical (unpaired) electrons. The molecule has 8 heavy (non-hydrogen) atoms. The summed E-state index contributed by atoms with van der Waals surface area (Å²) in [5.41, 5.74) is 0. The smallest absolute Gasteiger partial charge is 0.0404 e. The molecule has 3 unspecified atom stereocenters. The maximum Gasteiger partial charge on any atom is 0.0404 e. The van der Waals surface area contributed by atoms with Gasteiger partial charge < -0.3 is 0 Å². The highest BCUT2D eigenvalue weighted by Crippen LogP contribution is 2.93. The lowest BCUT2D eigenvalue weighted by Gasteiger charge is -1.99. The molecule has 1 heteroatoms. The van der Waals surface area contributed by atoms with Gasteiger partial charge >= 0.3 is 0 Å². The van der Waals surface area contributed by atoms with E-state index in [1.54, 1.807) is 0 Å². The molecule has 0 spiro atoms. The molecule has 5 aliphatic rings. The first-order chi connectivity index (χ1) is 3.91. The lowest BCUT2D eigenvalue weighted by molar-refractivity contribution is 0.532. The highest BCUT2D eigenvalue weighted by molar-refractivity contribution is 6.23. The summed E-state index contributed by atoms with van der Waals surface area (Å²) in [6.45, 7) is 0. The summed E-state index contributed by atoms with van der Waals surface area (Å²) < 4.78 is 0. The fourth-order valence-corrected chi connectivity index (χ4v) is 4.01. The SMILES string of the molecule is ClC1[C@H]2C3C4C3C4[C@@H]12. The van der Waals surface area contributed by atoms with Gasteiger partial charge in [-0.15, -0.1) is 11.6 Å². The molecule has 42 valence electrons. The van der Waals surface area contributed by atoms with Gasteiger partial charge in [0.25, 0.3) is 0 Å². The molecule has 0 aromatic heterocycles. The Morgan fingerprint density at radius 1 is 0.625 bits per heavy atom. The van der Waals surface area contributed by atoms with Gasteiger partial charge in [0.15, 0.2) is 0 Å². The molecule has 5 aliphatic carbocycles. The summed E-state index contributed by atoms with van der Waals surface area (Å²) in [5.74, 6) is 6.81. The Bertz CT molecular complexity index is 161. The minimum Gasteiger partial charge on any atom is -0.122 e. The number of rotatable bonds is 0. The van der Waals surface area contributed by atoms with Gasteiger partial charge in [0.1, 0.15) is 0 Å². The molecular formula is C7H7Cl. The molecule has 0 nitrogen and oxygen atoms in total. The van der Waals surface area contributed by atoms with Crippen LogP contribution in [0.3, 0.4) is 0 Å². The van der Waals surface area contributed by atoms with Crippen molar-refractivity contribution in [3.8, 4) is 0 Å². The molecule has 0 N–H and O–H groups in total. The maximum atomic E-state index is 5.99. The standard InChI is InChI=1S/C7H7Cl/c8-7-5-3-1-2(3)4(1)6(5)7/h1-7H/t1?,2?,3?,4?,5-,6+,7?. The fraction of sp³-hybridized carbons (Fsp3) is 1.00. The summed E-state index contributed by atoms with van der Waals surface area (Å²) >= 11 is 5.99. The van der Waals surface area contributed by atoms with Crippen molar-refractivity contribution < 1.29 is 0 Å². The van der Waals surface area contributed by atoms with Gasteiger partial charge in [-0.3, -0.25) is 0 Å². The molecule has 2 bridgehead atoms. The summed E-state index contributed by atoms with van der Waals surface area (Å²) in [7, 11) is 0. The Morgan fingerprint density at radius 2 is 1.00 bits per heavy atom. The minimum absolute atomic E-state index is 0.639. The van der Waals surface area contributed by atoms with E-state index in [9.17, 15) is 0 Å². The second kappa shape index (κ2) is 0.636. The van der Waals surface area contributed by atoms with Crippen LogP contribution in [0.1, 0.15) is 0 Å². The van der Waals surface area contributed by atoms with E-state index in [1.807, 2.05) is 0 Å². The van der Waals surface area contributed by atoms with Crippen LogP contribution in [0.4, 0.5) is 0 Å². The van der Waals surface area contributed by atoms with Crippen molar-refractivity contribution in [2.45, 2.75) is 5.38 Å². The quantitative estimate of drug-likeness (QED) is 0.430. The normalized spacial score (nSPS) is 94.9. The highest BCUT2D eigenvalue weighted by Gasteiger charge is 2.91. The van der Waals surface area contributed by atoms with Crippen LogP contribution in [-0.4, -0.2) is 5.38 Å². The molecule has 0 aromatic rings. The zero-order chi connectivity index (χ0) is 5.04. The van der Waals surface area contributed by atoms with Crippen molar-refractivity contribution in [2.75, 3.05) is 0 Å². The summed E-state index contributed by atoms with van der Waals surface area (Å²) in [4.78, 5) is 0. The van der Waals surface area contributed by atoms with Gasteiger partial charge in [0, 0.05) is 5.38 Å². The first-order valence-electron chi connectivity index (χ1n) is 3.55. The van der Waals surface area contributed by atoms with Crippen molar-refractivity contribution in [3.05, 3.63) is 0 Å². The summed E-state index contributed by atoms with van der Waals surface area (Å²) in [6, 6.07) is 0. The van der Waals surface area contributed by atoms with Gasteiger partial charge in [0.2, 0.25) is 0 Å². The van der Waals surface area contributed by atoms with Crippen LogP contribution in [0.25, 0.3) is 0 Å². The Labute approximate surface area is 53.2 Å². The topological polar surface area (TPSA) is 0 Å². The van der Waals surface area contributed by atoms with Crippen LogP contribution in [0.15, 0.2) is 0 Å². The summed E-state index contributed by atoms with van der Waals surface area (Å²) in [5, 5.41) is 0.639.